The maximum atomic E-state index is 12.4. The van der Waals surface area contributed by atoms with Crippen molar-refractivity contribution in [1.82, 2.24) is 19.8 Å². The van der Waals surface area contributed by atoms with E-state index in [1.807, 2.05) is 66.9 Å². The van der Waals surface area contributed by atoms with Crippen LogP contribution in [0.15, 0.2) is 79.0 Å². The Bertz CT molecular complexity index is 1410. The predicted octanol–water partition coefficient (Wildman–Crippen LogP) is 3.93. The molecule has 0 unspecified atom stereocenters. The lowest BCUT2D eigenvalue weighted by Gasteiger charge is -2.36. The second kappa shape index (κ2) is 12.6. The first-order chi connectivity index (χ1) is 19.7. The Morgan fingerprint density at radius 1 is 0.775 bits per heavy atom. The zero-order chi connectivity index (χ0) is 27.1. The zero-order valence-electron chi connectivity index (χ0n) is 22.8. The smallest absolute Gasteiger partial charge is 0.228 e. The molecule has 2 saturated heterocycles. The number of carbonyl (C=O) groups excluding carboxylic acids is 1. The molecule has 0 radical (unpaired) electrons. The number of fused-ring (bicyclic) bond motifs is 1. The third-order valence-corrected chi connectivity index (χ3v) is 7.77. The van der Waals surface area contributed by atoms with E-state index in [0.717, 1.165) is 105 Å². The van der Waals surface area contributed by atoms with Crippen LogP contribution in [0.1, 0.15) is 5.56 Å². The number of nitrogens with zero attached hydrogens (tertiary/aromatic N) is 5. The van der Waals surface area contributed by atoms with Crippen molar-refractivity contribution in [3.05, 3.63) is 84.6 Å². The number of carbonyl (C=O) groups is 1. The number of aromatic nitrogens is 2. The number of amides is 1. The average molecular weight is 537 g/mol. The van der Waals surface area contributed by atoms with E-state index >= 15 is 0 Å². The van der Waals surface area contributed by atoms with Crippen molar-refractivity contribution < 1.29 is 9.53 Å². The molecule has 1 N–H and O–H groups in total. The van der Waals surface area contributed by atoms with E-state index in [1.165, 1.54) is 0 Å². The molecule has 8 heteroatoms. The zero-order valence-corrected chi connectivity index (χ0v) is 22.8. The second-order valence-corrected chi connectivity index (χ2v) is 10.5. The van der Waals surface area contributed by atoms with Crippen LogP contribution in [-0.4, -0.2) is 91.2 Å². The number of anilines is 2. The molecule has 8 nitrogen and oxygen atoms in total. The quantitative estimate of drug-likeness (QED) is 0.366. The van der Waals surface area contributed by atoms with Gasteiger partial charge in [-0.15, -0.1) is 0 Å². The van der Waals surface area contributed by atoms with Gasteiger partial charge >= 0.3 is 0 Å². The van der Waals surface area contributed by atoms with Gasteiger partial charge in [-0.05, 0) is 41.0 Å². The van der Waals surface area contributed by atoms with Gasteiger partial charge in [0.25, 0.3) is 0 Å². The van der Waals surface area contributed by atoms with Crippen LogP contribution in [0, 0.1) is 0 Å². The number of nitrogens with one attached hydrogen (secondary N) is 1. The molecule has 0 spiro atoms. The summed E-state index contributed by atoms with van der Waals surface area (Å²) >= 11 is 0. The van der Waals surface area contributed by atoms with E-state index in [4.69, 9.17) is 14.7 Å². The fraction of sp³-hybridized carbons (Fsp3) is 0.344. The first-order valence-corrected chi connectivity index (χ1v) is 14.2. The topological polar surface area (TPSA) is 73.8 Å². The molecule has 0 saturated carbocycles. The summed E-state index contributed by atoms with van der Waals surface area (Å²) in [5.74, 6) is 0.916. The number of rotatable bonds is 8. The highest BCUT2D eigenvalue weighted by atomic mass is 16.5. The van der Waals surface area contributed by atoms with Gasteiger partial charge in [-0.3, -0.25) is 19.6 Å². The minimum Gasteiger partial charge on any atom is -0.379 e. The van der Waals surface area contributed by atoms with Crippen LogP contribution in [0.3, 0.4) is 0 Å². The Hall–Kier alpha value is -3.85. The monoisotopic (exact) mass is 536 g/mol. The molecule has 2 fully saturated rings. The maximum Gasteiger partial charge on any atom is 0.228 e. The van der Waals surface area contributed by atoms with Crippen LogP contribution in [0.25, 0.3) is 22.2 Å². The van der Waals surface area contributed by atoms with Gasteiger partial charge in [0, 0.05) is 58.0 Å². The molecule has 0 atom stereocenters. The van der Waals surface area contributed by atoms with Gasteiger partial charge in [0.1, 0.15) is 5.82 Å². The molecule has 3 heterocycles. The Morgan fingerprint density at radius 3 is 2.23 bits per heavy atom. The van der Waals surface area contributed by atoms with E-state index in [9.17, 15) is 4.79 Å². The van der Waals surface area contributed by atoms with E-state index in [-0.39, 0.29) is 5.91 Å². The van der Waals surface area contributed by atoms with E-state index in [1.54, 1.807) is 0 Å². The average Bonchev–Trinajstić information content (AvgIpc) is 3.01. The molecule has 4 aromatic rings. The van der Waals surface area contributed by atoms with E-state index in [2.05, 4.69) is 32.1 Å². The molecule has 0 aliphatic carbocycles. The fourth-order valence-electron chi connectivity index (χ4n) is 5.37. The molecule has 3 aromatic carbocycles. The van der Waals surface area contributed by atoms with E-state index in [0.29, 0.717) is 6.42 Å². The van der Waals surface area contributed by atoms with Crippen LogP contribution in [-0.2, 0) is 16.0 Å². The van der Waals surface area contributed by atoms with E-state index < -0.39 is 0 Å². The summed E-state index contributed by atoms with van der Waals surface area (Å²) in [7, 11) is 0. The summed E-state index contributed by atoms with van der Waals surface area (Å²) in [6, 6.07) is 23.9. The Kier molecular flexibility index (Phi) is 8.28. The van der Waals surface area contributed by atoms with Gasteiger partial charge in [0.2, 0.25) is 5.91 Å². The standard InChI is InChI=1S/C32H36N6O2/c39-32(22-25-4-2-1-3-5-25)34-28-9-6-26(7-10-28)27-8-11-29-30(23-27)35-31(24-33-29)38-16-14-36(15-17-38)12-13-37-18-20-40-21-19-37/h1-11,23-24H,12-22H2,(H,34,39). The van der Waals surface area contributed by atoms with Crippen molar-refractivity contribution in [2.45, 2.75) is 6.42 Å². The van der Waals surface area contributed by atoms with Crippen LogP contribution in [0.2, 0.25) is 0 Å². The highest BCUT2D eigenvalue weighted by molar-refractivity contribution is 5.92. The number of piperazine rings is 1. The second-order valence-electron chi connectivity index (χ2n) is 10.5. The summed E-state index contributed by atoms with van der Waals surface area (Å²) in [6.45, 7) is 10.0. The number of ether oxygens (including phenoxy) is 1. The number of hydrogen-bond donors (Lipinski definition) is 1. The summed E-state index contributed by atoms with van der Waals surface area (Å²) < 4.78 is 5.46. The van der Waals surface area contributed by atoms with Crippen molar-refractivity contribution >= 4 is 28.4 Å². The fourth-order valence-corrected chi connectivity index (χ4v) is 5.37. The molecule has 6 rings (SSSR count). The summed E-state index contributed by atoms with van der Waals surface area (Å²) in [5.41, 5.74) is 5.72. The first kappa shape index (κ1) is 26.4. The van der Waals surface area contributed by atoms with Crippen LogP contribution >= 0.6 is 0 Å². The molecule has 40 heavy (non-hydrogen) atoms. The number of morpholine rings is 1. The van der Waals surface area contributed by atoms with Crippen molar-refractivity contribution in [2.24, 2.45) is 0 Å². The van der Waals surface area contributed by atoms with Gasteiger partial charge in [-0.25, -0.2) is 4.98 Å². The largest absolute Gasteiger partial charge is 0.379 e. The lowest BCUT2D eigenvalue weighted by atomic mass is 10.0. The predicted molar refractivity (Wildman–Crippen MR) is 160 cm³/mol. The summed E-state index contributed by atoms with van der Waals surface area (Å²) in [6.07, 6.45) is 2.26. The molecule has 1 aromatic heterocycles. The third-order valence-electron chi connectivity index (χ3n) is 7.77. The Morgan fingerprint density at radius 2 is 1.48 bits per heavy atom. The van der Waals surface area contributed by atoms with Crippen LogP contribution < -0.4 is 10.2 Å². The summed E-state index contributed by atoms with van der Waals surface area (Å²) in [5, 5.41) is 2.99. The Labute approximate surface area is 235 Å². The highest BCUT2D eigenvalue weighted by Gasteiger charge is 2.20. The van der Waals surface area contributed by atoms with Crippen molar-refractivity contribution in [1.29, 1.82) is 0 Å². The molecule has 206 valence electrons. The van der Waals surface area contributed by atoms with Crippen molar-refractivity contribution in [3.8, 4) is 11.1 Å². The molecule has 1 amide bonds. The van der Waals surface area contributed by atoms with Crippen LogP contribution in [0.4, 0.5) is 11.5 Å². The molecular weight excluding hydrogens is 500 g/mol. The Balaban J connectivity index is 1.06. The van der Waals surface area contributed by atoms with Crippen LogP contribution in [0.5, 0.6) is 0 Å². The number of benzene rings is 3. The molecule has 0 bridgehead atoms. The highest BCUT2D eigenvalue weighted by Crippen LogP contribution is 2.26. The molecule has 2 aliphatic heterocycles. The lowest BCUT2D eigenvalue weighted by Crippen LogP contribution is -2.49. The molecular formula is C32H36N6O2. The lowest BCUT2D eigenvalue weighted by molar-refractivity contribution is -0.115. The minimum atomic E-state index is -0.0228. The third kappa shape index (κ3) is 6.65. The molecule has 2 aliphatic rings. The van der Waals surface area contributed by atoms with Gasteiger partial charge in [0.05, 0.1) is 36.9 Å². The normalized spacial score (nSPS) is 16.8. The first-order valence-electron chi connectivity index (χ1n) is 14.2. The van der Waals surface area contributed by atoms with Gasteiger partial charge < -0.3 is 15.0 Å². The number of hydrogen-bond acceptors (Lipinski definition) is 7. The minimum absolute atomic E-state index is 0.0228. The summed E-state index contributed by atoms with van der Waals surface area (Å²) in [4.78, 5) is 29.5. The van der Waals surface area contributed by atoms with Gasteiger partial charge in [-0.2, -0.15) is 0 Å². The maximum absolute atomic E-state index is 12.4. The van der Waals surface area contributed by atoms with Crippen molar-refractivity contribution in [3.63, 3.8) is 0 Å². The SMILES string of the molecule is O=C(Cc1ccccc1)Nc1ccc(-c2ccc3ncc(N4CCN(CCN5CCOCC5)CC4)nc3c2)cc1. The van der Waals surface area contributed by atoms with Crippen molar-refractivity contribution in [2.75, 3.05) is 75.8 Å². The van der Waals surface area contributed by atoms with Gasteiger partial charge in [-0.1, -0.05) is 48.5 Å². The van der Waals surface area contributed by atoms with Gasteiger partial charge in [0.15, 0.2) is 0 Å².